The van der Waals surface area contributed by atoms with Crippen LogP contribution >= 0.6 is 0 Å². The predicted octanol–water partition coefficient (Wildman–Crippen LogP) is 1.35. The van der Waals surface area contributed by atoms with Crippen molar-refractivity contribution in [1.82, 2.24) is 9.19 Å². The average Bonchev–Trinajstić information content (AvgIpc) is 2.82. The van der Waals surface area contributed by atoms with E-state index in [1.54, 1.807) is 12.4 Å². The van der Waals surface area contributed by atoms with Crippen molar-refractivity contribution in [1.29, 1.82) is 0 Å². The molecule has 4 nitrogen and oxygen atoms in total. The lowest BCUT2D eigenvalue weighted by atomic mass is 10.1. The van der Waals surface area contributed by atoms with Crippen LogP contribution in [0.3, 0.4) is 0 Å². The standard InChI is InChI=1S/C9H14N2O2S/c1-7(2)8-5-10-11(6-8)14(12,13)9-3-4-9/h5-7,9H,3-4H2,1-2H3. The minimum Gasteiger partial charge on any atom is -0.204 e. The molecule has 0 aromatic carbocycles. The van der Waals surface area contributed by atoms with Crippen LogP contribution in [-0.2, 0) is 10.0 Å². The molecule has 5 heteroatoms. The number of nitrogens with zero attached hydrogens (tertiary/aromatic N) is 2. The van der Waals surface area contributed by atoms with Gasteiger partial charge in [0.05, 0.1) is 11.4 Å². The largest absolute Gasteiger partial charge is 0.256 e. The lowest BCUT2D eigenvalue weighted by Crippen LogP contribution is -2.17. The summed E-state index contributed by atoms with van der Waals surface area (Å²) in [4.78, 5) is 0. The van der Waals surface area contributed by atoms with E-state index in [9.17, 15) is 8.42 Å². The van der Waals surface area contributed by atoms with E-state index in [0.29, 0.717) is 5.92 Å². The first-order valence-electron chi connectivity index (χ1n) is 4.81. The summed E-state index contributed by atoms with van der Waals surface area (Å²) >= 11 is 0. The molecule has 0 atom stereocenters. The molecule has 0 spiro atoms. The van der Waals surface area contributed by atoms with Crippen LogP contribution in [0.2, 0.25) is 0 Å². The molecule has 1 saturated carbocycles. The van der Waals surface area contributed by atoms with Crippen LogP contribution < -0.4 is 0 Å². The van der Waals surface area contributed by atoms with Crippen LogP contribution in [0.25, 0.3) is 0 Å². The van der Waals surface area contributed by atoms with Crippen LogP contribution in [0.15, 0.2) is 12.4 Å². The van der Waals surface area contributed by atoms with E-state index in [-0.39, 0.29) is 5.25 Å². The van der Waals surface area contributed by atoms with Gasteiger partial charge in [0.25, 0.3) is 10.0 Å². The van der Waals surface area contributed by atoms with Crippen LogP contribution in [-0.4, -0.2) is 22.9 Å². The first-order chi connectivity index (χ1) is 6.51. The molecule has 0 bridgehead atoms. The zero-order valence-corrected chi connectivity index (χ0v) is 9.16. The van der Waals surface area contributed by atoms with Gasteiger partial charge in [-0.2, -0.15) is 9.19 Å². The van der Waals surface area contributed by atoms with E-state index in [1.807, 2.05) is 13.8 Å². The summed E-state index contributed by atoms with van der Waals surface area (Å²) in [5.41, 5.74) is 0.967. The van der Waals surface area contributed by atoms with Crippen LogP contribution in [0, 0.1) is 0 Å². The van der Waals surface area contributed by atoms with Gasteiger partial charge < -0.3 is 0 Å². The molecule has 1 heterocycles. The van der Waals surface area contributed by atoms with Gasteiger partial charge in [0.2, 0.25) is 0 Å². The molecule has 1 aromatic rings. The van der Waals surface area contributed by atoms with Gasteiger partial charge in [-0.3, -0.25) is 0 Å². The number of rotatable bonds is 3. The van der Waals surface area contributed by atoms with Crippen molar-refractivity contribution >= 4 is 10.0 Å². The summed E-state index contributed by atoms with van der Waals surface area (Å²) in [5.74, 6) is 0.318. The fourth-order valence-electron chi connectivity index (χ4n) is 1.27. The highest BCUT2D eigenvalue weighted by Gasteiger charge is 2.37. The molecule has 2 rings (SSSR count). The van der Waals surface area contributed by atoms with Gasteiger partial charge in [-0.05, 0) is 24.3 Å². The Kier molecular flexibility index (Phi) is 2.14. The van der Waals surface area contributed by atoms with Crippen molar-refractivity contribution < 1.29 is 8.42 Å². The van der Waals surface area contributed by atoms with E-state index >= 15 is 0 Å². The topological polar surface area (TPSA) is 52.0 Å². The van der Waals surface area contributed by atoms with Crippen LogP contribution in [0.1, 0.15) is 38.2 Å². The van der Waals surface area contributed by atoms with Gasteiger partial charge >= 0.3 is 0 Å². The predicted molar refractivity (Wildman–Crippen MR) is 53.7 cm³/mol. The lowest BCUT2D eigenvalue weighted by molar-refractivity contribution is 0.578. The minimum atomic E-state index is -3.17. The third kappa shape index (κ3) is 1.56. The van der Waals surface area contributed by atoms with Crippen molar-refractivity contribution in [3.8, 4) is 0 Å². The Morgan fingerprint density at radius 1 is 1.50 bits per heavy atom. The molecule has 1 aliphatic rings. The molecule has 1 aromatic heterocycles. The second kappa shape index (κ2) is 3.08. The fraction of sp³-hybridized carbons (Fsp3) is 0.667. The van der Waals surface area contributed by atoms with E-state index in [2.05, 4.69) is 5.10 Å². The Hall–Kier alpha value is -0.840. The lowest BCUT2D eigenvalue weighted by Gasteiger charge is -2.01. The van der Waals surface area contributed by atoms with Gasteiger partial charge in [0.1, 0.15) is 0 Å². The highest BCUT2D eigenvalue weighted by molar-refractivity contribution is 7.90. The molecule has 0 aliphatic heterocycles. The van der Waals surface area contributed by atoms with Crippen molar-refractivity contribution in [3.05, 3.63) is 18.0 Å². The molecule has 0 saturated heterocycles. The molecule has 1 fully saturated rings. The smallest absolute Gasteiger partial charge is 0.204 e. The highest BCUT2D eigenvalue weighted by atomic mass is 32.2. The molecule has 0 N–H and O–H groups in total. The molecule has 0 radical (unpaired) electrons. The molecular weight excluding hydrogens is 200 g/mol. The van der Waals surface area contributed by atoms with E-state index in [4.69, 9.17) is 0 Å². The third-order valence-electron chi connectivity index (χ3n) is 2.45. The molecule has 78 valence electrons. The Morgan fingerprint density at radius 2 is 2.14 bits per heavy atom. The van der Waals surface area contributed by atoms with E-state index in [1.165, 1.54) is 0 Å². The summed E-state index contributed by atoms with van der Waals surface area (Å²) in [5, 5.41) is 3.71. The summed E-state index contributed by atoms with van der Waals surface area (Å²) in [7, 11) is -3.17. The summed E-state index contributed by atoms with van der Waals surface area (Å²) < 4.78 is 24.6. The normalized spacial score (nSPS) is 17.6. The van der Waals surface area contributed by atoms with Gasteiger partial charge in [-0.25, -0.2) is 8.42 Å². The van der Waals surface area contributed by atoms with Gasteiger partial charge in [0.15, 0.2) is 0 Å². The number of hydrogen-bond donors (Lipinski definition) is 0. The number of hydrogen-bond acceptors (Lipinski definition) is 3. The molecule has 0 unspecified atom stereocenters. The van der Waals surface area contributed by atoms with Gasteiger partial charge in [-0.1, -0.05) is 13.8 Å². The quantitative estimate of drug-likeness (QED) is 0.763. The Bertz CT molecular complexity index is 429. The SMILES string of the molecule is CC(C)c1cnn(S(=O)(=O)C2CC2)c1. The molecule has 14 heavy (non-hydrogen) atoms. The first-order valence-corrected chi connectivity index (χ1v) is 6.31. The van der Waals surface area contributed by atoms with E-state index in [0.717, 1.165) is 22.5 Å². The third-order valence-corrected chi connectivity index (χ3v) is 4.49. The van der Waals surface area contributed by atoms with Gasteiger partial charge in [-0.15, -0.1) is 0 Å². The van der Waals surface area contributed by atoms with E-state index < -0.39 is 10.0 Å². The highest BCUT2D eigenvalue weighted by Crippen LogP contribution is 2.29. The maximum absolute atomic E-state index is 11.7. The zero-order chi connectivity index (χ0) is 10.3. The zero-order valence-electron chi connectivity index (χ0n) is 8.34. The first kappa shape index (κ1) is 9.71. The number of aromatic nitrogens is 2. The van der Waals surface area contributed by atoms with Gasteiger partial charge in [0, 0.05) is 6.20 Å². The summed E-state index contributed by atoms with van der Waals surface area (Å²) in [6.45, 7) is 4.04. The maximum Gasteiger partial charge on any atom is 0.256 e. The van der Waals surface area contributed by atoms with Crippen molar-refractivity contribution in [2.45, 2.75) is 37.9 Å². The minimum absolute atomic E-state index is 0.192. The van der Waals surface area contributed by atoms with Crippen LogP contribution in [0.4, 0.5) is 0 Å². The second-order valence-electron chi connectivity index (χ2n) is 4.05. The Balaban J connectivity index is 2.33. The molecular formula is C9H14N2O2S. The maximum atomic E-state index is 11.7. The van der Waals surface area contributed by atoms with Crippen LogP contribution in [0.5, 0.6) is 0 Å². The summed E-state index contributed by atoms with van der Waals surface area (Å²) in [6, 6.07) is 0. The fourth-order valence-corrected chi connectivity index (χ4v) is 2.76. The Morgan fingerprint density at radius 3 is 2.57 bits per heavy atom. The monoisotopic (exact) mass is 214 g/mol. The summed E-state index contributed by atoms with van der Waals surface area (Å²) in [6.07, 6.45) is 4.81. The Labute approximate surface area is 84.0 Å². The van der Waals surface area contributed by atoms with Crippen molar-refractivity contribution in [2.75, 3.05) is 0 Å². The average molecular weight is 214 g/mol. The molecule has 1 aliphatic carbocycles. The molecule has 0 amide bonds. The van der Waals surface area contributed by atoms with Crippen molar-refractivity contribution in [3.63, 3.8) is 0 Å². The second-order valence-corrected chi connectivity index (χ2v) is 6.12. The van der Waals surface area contributed by atoms with Crippen molar-refractivity contribution in [2.24, 2.45) is 0 Å².